The molecular weight excluding hydrogens is 210 g/mol. The minimum absolute atomic E-state index is 0.182. The Kier molecular flexibility index (Phi) is 4.06. The summed E-state index contributed by atoms with van der Waals surface area (Å²) < 4.78 is 6.13. The smallest absolute Gasteiger partial charge is 0.123 e. The van der Waals surface area contributed by atoms with Crippen LogP contribution in [0.3, 0.4) is 0 Å². The first kappa shape index (κ1) is 12.4. The Balaban J connectivity index is 2.16. The summed E-state index contributed by atoms with van der Waals surface area (Å²) in [6.07, 6.45) is 6.33. The second-order valence-electron chi connectivity index (χ2n) is 5.26. The quantitative estimate of drug-likeness (QED) is 0.866. The summed E-state index contributed by atoms with van der Waals surface area (Å²) >= 11 is 0. The molecule has 0 radical (unpaired) electrons. The number of ether oxygens (including phenoxy) is 1. The van der Waals surface area contributed by atoms with Gasteiger partial charge in [0.25, 0.3) is 0 Å². The van der Waals surface area contributed by atoms with Gasteiger partial charge in [-0.05, 0) is 63.1 Å². The zero-order valence-corrected chi connectivity index (χ0v) is 10.9. The van der Waals surface area contributed by atoms with Gasteiger partial charge in [0.15, 0.2) is 0 Å². The fourth-order valence-corrected chi connectivity index (χ4v) is 2.56. The average Bonchev–Trinajstić information content (AvgIpc) is 2.75. The Morgan fingerprint density at radius 2 is 2.06 bits per heavy atom. The Labute approximate surface area is 104 Å². The third-order valence-electron chi connectivity index (χ3n) is 3.49. The highest BCUT2D eigenvalue weighted by atomic mass is 16.5. The third kappa shape index (κ3) is 3.22. The molecule has 1 aromatic rings. The molecule has 2 heteroatoms. The molecule has 1 aliphatic carbocycles. The van der Waals surface area contributed by atoms with E-state index in [-0.39, 0.29) is 6.04 Å². The number of hydrogen-bond acceptors (Lipinski definition) is 2. The third-order valence-corrected chi connectivity index (χ3v) is 3.49. The second kappa shape index (κ2) is 5.54. The van der Waals surface area contributed by atoms with E-state index >= 15 is 0 Å². The standard InChI is InChI=1S/C15H23NO/c1-11-6-5-9-15(14(11)10-12(2)16)17-13-7-3-4-8-13/h5-6,9,12-13H,3-4,7-8,10,16H2,1-2H3. The van der Waals surface area contributed by atoms with Crippen LogP contribution in [0.5, 0.6) is 5.75 Å². The number of aryl methyl sites for hydroxylation is 1. The zero-order chi connectivity index (χ0) is 12.3. The average molecular weight is 233 g/mol. The van der Waals surface area contributed by atoms with Gasteiger partial charge in [-0.3, -0.25) is 0 Å². The van der Waals surface area contributed by atoms with Gasteiger partial charge in [-0.1, -0.05) is 12.1 Å². The SMILES string of the molecule is Cc1cccc(OC2CCCC2)c1CC(C)N. The van der Waals surface area contributed by atoms with Crippen LogP contribution < -0.4 is 10.5 Å². The van der Waals surface area contributed by atoms with E-state index in [1.165, 1.54) is 36.8 Å². The monoisotopic (exact) mass is 233 g/mol. The van der Waals surface area contributed by atoms with E-state index in [1.807, 2.05) is 6.92 Å². The van der Waals surface area contributed by atoms with Crippen LogP contribution in [-0.4, -0.2) is 12.1 Å². The molecule has 0 amide bonds. The molecular formula is C15H23NO. The molecule has 1 atom stereocenters. The summed E-state index contributed by atoms with van der Waals surface area (Å²) in [7, 11) is 0. The molecule has 2 nitrogen and oxygen atoms in total. The summed E-state index contributed by atoms with van der Waals surface area (Å²) in [5.74, 6) is 1.05. The molecule has 1 aliphatic rings. The molecule has 94 valence electrons. The first-order valence-corrected chi connectivity index (χ1v) is 6.67. The van der Waals surface area contributed by atoms with Crippen molar-refractivity contribution < 1.29 is 4.74 Å². The number of hydrogen-bond donors (Lipinski definition) is 1. The topological polar surface area (TPSA) is 35.2 Å². The molecule has 1 aromatic carbocycles. The lowest BCUT2D eigenvalue weighted by atomic mass is 10.0. The van der Waals surface area contributed by atoms with Crippen molar-refractivity contribution in [2.75, 3.05) is 0 Å². The van der Waals surface area contributed by atoms with Gasteiger partial charge < -0.3 is 10.5 Å². The highest BCUT2D eigenvalue weighted by Gasteiger charge is 2.18. The summed E-state index contributed by atoms with van der Waals surface area (Å²) in [6, 6.07) is 6.48. The maximum absolute atomic E-state index is 6.13. The Bertz CT molecular complexity index is 367. The summed E-state index contributed by atoms with van der Waals surface area (Å²) in [4.78, 5) is 0. The van der Waals surface area contributed by atoms with E-state index in [0.717, 1.165) is 12.2 Å². The molecule has 0 aliphatic heterocycles. The predicted octanol–water partition coefficient (Wildman–Crippen LogP) is 3.21. The van der Waals surface area contributed by atoms with E-state index in [0.29, 0.717) is 6.10 Å². The highest BCUT2D eigenvalue weighted by molar-refractivity contribution is 5.40. The molecule has 0 saturated heterocycles. The summed E-state index contributed by atoms with van der Waals surface area (Å²) in [5.41, 5.74) is 8.49. The van der Waals surface area contributed by atoms with E-state index in [4.69, 9.17) is 10.5 Å². The molecule has 2 rings (SSSR count). The predicted molar refractivity (Wildman–Crippen MR) is 71.4 cm³/mol. The zero-order valence-electron chi connectivity index (χ0n) is 10.9. The van der Waals surface area contributed by atoms with Gasteiger partial charge in [-0.25, -0.2) is 0 Å². The Hall–Kier alpha value is -1.02. The molecule has 0 bridgehead atoms. The van der Waals surface area contributed by atoms with E-state index < -0.39 is 0 Å². The van der Waals surface area contributed by atoms with Gasteiger partial charge in [0.05, 0.1) is 6.10 Å². The molecule has 2 N–H and O–H groups in total. The molecule has 17 heavy (non-hydrogen) atoms. The number of benzene rings is 1. The molecule has 1 saturated carbocycles. The van der Waals surface area contributed by atoms with Crippen molar-refractivity contribution in [2.45, 2.75) is 58.1 Å². The van der Waals surface area contributed by atoms with Crippen molar-refractivity contribution in [3.8, 4) is 5.75 Å². The fraction of sp³-hybridized carbons (Fsp3) is 0.600. The maximum Gasteiger partial charge on any atom is 0.123 e. The van der Waals surface area contributed by atoms with Crippen molar-refractivity contribution in [1.29, 1.82) is 0 Å². The molecule has 0 heterocycles. The van der Waals surface area contributed by atoms with Crippen LogP contribution in [-0.2, 0) is 6.42 Å². The maximum atomic E-state index is 6.13. The van der Waals surface area contributed by atoms with Crippen LogP contribution in [0.2, 0.25) is 0 Å². The summed E-state index contributed by atoms with van der Waals surface area (Å²) in [6.45, 7) is 4.19. The van der Waals surface area contributed by atoms with Crippen LogP contribution in [0.25, 0.3) is 0 Å². The lowest BCUT2D eigenvalue weighted by molar-refractivity contribution is 0.207. The minimum atomic E-state index is 0.182. The highest BCUT2D eigenvalue weighted by Crippen LogP contribution is 2.29. The van der Waals surface area contributed by atoms with Crippen molar-refractivity contribution in [1.82, 2.24) is 0 Å². The van der Waals surface area contributed by atoms with Crippen molar-refractivity contribution >= 4 is 0 Å². The van der Waals surface area contributed by atoms with E-state index in [1.54, 1.807) is 0 Å². The molecule has 1 unspecified atom stereocenters. The Morgan fingerprint density at radius 1 is 1.35 bits per heavy atom. The molecule has 0 aromatic heterocycles. The van der Waals surface area contributed by atoms with Gasteiger partial charge in [0, 0.05) is 6.04 Å². The van der Waals surface area contributed by atoms with Crippen molar-refractivity contribution in [2.24, 2.45) is 5.73 Å². The number of rotatable bonds is 4. The first-order valence-electron chi connectivity index (χ1n) is 6.67. The van der Waals surface area contributed by atoms with Crippen LogP contribution in [0, 0.1) is 6.92 Å². The normalized spacial score (nSPS) is 18.3. The van der Waals surface area contributed by atoms with Crippen LogP contribution in [0.15, 0.2) is 18.2 Å². The van der Waals surface area contributed by atoms with Crippen molar-refractivity contribution in [3.63, 3.8) is 0 Å². The van der Waals surface area contributed by atoms with E-state index in [2.05, 4.69) is 25.1 Å². The van der Waals surface area contributed by atoms with Crippen LogP contribution in [0.1, 0.15) is 43.7 Å². The first-order chi connectivity index (χ1) is 8.16. The van der Waals surface area contributed by atoms with Crippen LogP contribution in [0.4, 0.5) is 0 Å². The second-order valence-corrected chi connectivity index (χ2v) is 5.26. The van der Waals surface area contributed by atoms with E-state index in [9.17, 15) is 0 Å². The summed E-state index contributed by atoms with van der Waals surface area (Å²) in [5, 5.41) is 0. The molecule has 0 spiro atoms. The van der Waals surface area contributed by atoms with Gasteiger partial charge in [0.1, 0.15) is 5.75 Å². The lowest BCUT2D eigenvalue weighted by Crippen LogP contribution is -2.20. The fourth-order valence-electron chi connectivity index (χ4n) is 2.56. The van der Waals surface area contributed by atoms with Crippen molar-refractivity contribution in [3.05, 3.63) is 29.3 Å². The van der Waals surface area contributed by atoms with Gasteiger partial charge in [-0.15, -0.1) is 0 Å². The van der Waals surface area contributed by atoms with Gasteiger partial charge >= 0.3 is 0 Å². The van der Waals surface area contributed by atoms with Gasteiger partial charge in [0.2, 0.25) is 0 Å². The largest absolute Gasteiger partial charge is 0.490 e. The number of nitrogens with two attached hydrogens (primary N) is 1. The molecule has 1 fully saturated rings. The lowest BCUT2D eigenvalue weighted by Gasteiger charge is -2.19. The Morgan fingerprint density at radius 3 is 2.71 bits per heavy atom. The van der Waals surface area contributed by atoms with Crippen LogP contribution >= 0.6 is 0 Å². The van der Waals surface area contributed by atoms with Gasteiger partial charge in [-0.2, -0.15) is 0 Å². The minimum Gasteiger partial charge on any atom is -0.490 e.